The molecule has 0 aliphatic rings. The molecule has 0 radical (unpaired) electrons. The summed E-state index contributed by atoms with van der Waals surface area (Å²) in [5.74, 6) is 2.48. The first kappa shape index (κ1) is 16.2. The number of halogens is 2. The molecule has 112 valence electrons. The van der Waals surface area contributed by atoms with Crippen LogP contribution in [0, 0.1) is 0 Å². The average molecular weight is 416 g/mol. The second-order valence-electron chi connectivity index (χ2n) is 4.26. The van der Waals surface area contributed by atoms with Gasteiger partial charge >= 0.3 is 0 Å². The van der Waals surface area contributed by atoms with Gasteiger partial charge in [0.05, 0.1) is 7.11 Å². The van der Waals surface area contributed by atoms with Gasteiger partial charge in [0.25, 0.3) is 0 Å². The lowest BCUT2D eigenvalue weighted by atomic mass is 10.2. The maximum atomic E-state index is 5.76. The van der Waals surface area contributed by atoms with Crippen molar-refractivity contribution in [1.82, 2.24) is 0 Å². The van der Waals surface area contributed by atoms with Crippen molar-refractivity contribution >= 4 is 31.9 Å². The highest BCUT2D eigenvalue weighted by atomic mass is 79.9. The second kappa shape index (κ2) is 8.29. The van der Waals surface area contributed by atoms with Crippen LogP contribution in [0.1, 0.15) is 5.56 Å². The largest absolute Gasteiger partial charge is 0.497 e. The highest BCUT2D eigenvalue weighted by molar-refractivity contribution is 9.10. The van der Waals surface area contributed by atoms with Crippen LogP contribution in [0.15, 0.2) is 46.9 Å². The van der Waals surface area contributed by atoms with E-state index in [1.807, 2.05) is 42.5 Å². The molecule has 5 heteroatoms. The third-order valence-corrected chi connectivity index (χ3v) is 3.91. The van der Waals surface area contributed by atoms with Crippen molar-refractivity contribution in [2.24, 2.45) is 0 Å². The van der Waals surface area contributed by atoms with E-state index in [-0.39, 0.29) is 0 Å². The Hall–Kier alpha value is -1.20. The zero-order valence-electron chi connectivity index (χ0n) is 11.6. The Bertz CT molecular complexity index is 587. The maximum Gasteiger partial charge on any atom is 0.123 e. The molecule has 0 heterocycles. The number of hydrogen-bond acceptors (Lipinski definition) is 3. The van der Waals surface area contributed by atoms with Crippen molar-refractivity contribution in [3.05, 3.63) is 52.5 Å². The molecule has 0 fully saturated rings. The summed E-state index contributed by atoms with van der Waals surface area (Å²) in [4.78, 5) is 0. The van der Waals surface area contributed by atoms with Crippen molar-refractivity contribution in [2.75, 3.05) is 20.3 Å². The molecule has 0 aromatic heterocycles. The molecule has 0 amide bonds. The SMILES string of the molecule is COc1ccc(OCCOc2cccc(Br)c2)c(CBr)c1. The van der Waals surface area contributed by atoms with Gasteiger partial charge in [-0.2, -0.15) is 0 Å². The standard InChI is InChI=1S/C16H16Br2O3/c1-19-14-5-6-16(12(9-14)11-17)21-8-7-20-15-4-2-3-13(18)10-15/h2-6,9-10H,7-8,11H2,1H3. The third kappa shape index (κ3) is 4.93. The number of methoxy groups -OCH3 is 1. The predicted molar refractivity (Wildman–Crippen MR) is 90.8 cm³/mol. The zero-order chi connectivity index (χ0) is 15.1. The van der Waals surface area contributed by atoms with Crippen LogP contribution in [0.25, 0.3) is 0 Å². The van der Waals surface area contributed by atoms with Crippen LogP contribution < -0.4 is 14.2 Å². The average Bonchev–Trinajstić information content (AvgIpc) is 2.51. The van der Waals surface area contributed by atoms with E-state index in [1.165, 1.54) is 0 Å². The molecule has 0 bridgehead atoms. The predicted octanol–water partition coefficient (Wildman–Crippen LogP) is 4.81. The minimum Gasteiger partial charge on any atom is -0.497 e. The lowest BCUT2D eigenvalue weighted by Crippen LogP contribution is -2.09. The first-order chi connectivity index (χ1) is 10.2. The molecule has 0 unspecified atom stereocenters. The summed E-state index contributed by atoms with van der Waals surface area (Å²) in [7, 11) is 1.65. The molecule has 0 aliphatic heterocycles. The van der Waals surface area contributed by atoms with Crippen molar-refractivity contribution in [1.29, 1.82) is 0 Å². The van der Waals surface area contributed by atoms with E-state index in [1.54, 1.807) is 7.11 Å². The molecule has 2 aromatic rings. The van der Waals surface area contributed by atoms with E-state index < -0.39 is 0 Å². The monoisotopic (exact) mass is 414 g/mol. The van der Waals surface area contributed by atoms with Gasteiger partial charge in [0.15, 0.2) is 0 Å². The molecule has 2 aromatic carbocycles. The summed E-state index contributed by atoms with van der Waals surface area (Å²) >= 11 is 6.87. The quantitative estimate of drug-likeness (QED) is 0.479. The van der Waals surface area contributed by atoms with E-state index in [2.05, 4.69) is 31.9 Å². The second-order valence-corrected chi connectivity index (χ2v) is 5.74. The van der Waals surface area contributed by atoms with E-state index in [9.17, 15) is 0 Å². The van der Waals surface area contributed by atoms with Crippen molar-refractivity contribution in [3.63, 3.8) is 0 Å². The normalized spacial score (nSPS) is 10.2. The molecule has 3 nitrogen and oxygen atoms in total. The molecular formula is C16H16Br2O3. The molecule has 0 spiro atoms. The molecule has 0 N–H and O–H groups in total. The minimum atomic E-state index is 0.485. The number of rotatable bonds is 7. The number of hydrogen-bond donors (Lipinski definition) is 0. The molecule has 21 heavy (non-hydrogen) atoms. The van der Waals surface area contributed by atoms with Crippen LogP contribution in [-0.4, -0.2) is 20.3 Å². The number of ether oxygens (including phenoxy) is 3. The van der Waals surface area contributed by atoms with E-state index in [0.717, 1.165) is 27.3 Å². The first-order valence-electron chi connectivity index (χ1n) is 6.47. The van der Waals surface area contributed by atoms with Gasteiger partial charge in [0.1, 0.15) is 30.5 Å². The fourth-order valence-electron chi connectivity index (χ4n) is 1.80. The fourth-order valence-corrected chi connectivity index (χ4v) is 2.61. The summed E-state index contributed by atoms with van der Waals surface area (Å²) in [5, 5.41) is 0.714. The molecule has 2 rings (SSSR count). The summed E-state index contributed by atoms with van der Waals surface area (Å²) in [6.07, 6.45) is 0. The summed E-state index contributed by atoms with van der Waals surface area (Å²) in [5.41, 5.74) is 1.05. The highest BCUT2D eigenvalue weighted by Crippen LogP contribution is 2.26. The Labute approximate surface area is 141 Å². The fraction of sp³-hybridized carbons (Fsp3) is 0.250. The molecule has 0 aliphatic carbocycles. The van der Waals surface area contributed by atoms with Gasteiger partial charge in [-0.15, -0.1) is 0 Å². The van der Waals surface area contributed by atoms with Gasteiger partial charge in [-0.3, -0.25) is 0 Å². The minimum absolute atomic E-state index is 0.485. The van der Waals surface area contributed by atoms with Crippen LogP contribution in [-0.2, 0) is 5.33 Å². The van der Waals surface area contributed by atoms with E-state index in [4.69, 9.17) is 14.2 Å². The van der Waals surface area contributed by atoms with E-state index in [0.29, 0.717) is 18.5 Å². The van der Waals surface area contributed by atoms with Crippen molar-refractivity contribution < 1.29 is 14.2 Å². The van der Waals surface area contributed by atoms with Crippen molar-refractivity contribution in [3.8, 4) is 17.2 Å². The Morgan fingerprint density at radius 2 is 1.76 bits per heavy atom. The Kier molecular flexibility index (Phi) is 6.39. The highest BCUT2D eigenvalue weighted by Gasteiger charge is 2.05. The van der Waals surface area contributed by atoms with Gasteiger partial charge in [-0.25, -0.2) is 0 Å². The maximum absolute atomic E-state index is 5.76. The number of alkyl halides is 1. The number of benzene rings is 2. The van der Waals surface area contributed by atoms with Gasteiger partial charge < -0.3 is 14.2 Å². The lowest BCUT2D eigenvalue weighted by Gasteiger charge is -2.12. The Morgan fingerprint density at radius 1 is 0.952 bits per heavy atom. The summed E-state index contributed by atoms with van der Waals surface area (Å²) in [6, 6.07) is 13.5. The molecule has 0 atom stereocenters. The first-order valence-corrected chi connectivity index (χ1v) is 8.38. The summed E-state index contributed by atoms with van der Waals surface area (Å²) < 4.78 is 17.6. The van der Waals surface area contributed by atoms with Crippen LogP contribution in [0.3, 0.4) is 0 Å². The smallest absolute Gasteiger partial charge is 0.123 e. The molecule has 0 saturated heterocycles. The Balaban J connectivity index is 1.86. The third-order valence-electron chi connectivity index (χ3n) is 2.82. The molecular weight excluding hydrogens is 400 g/mol. The van der Waals surface area contributed by atoms with Crippen molar-refractivity contribution in [2.45, 2.75) is 5.33 Å². The topological polar surface area (TPSA) is 27.7 Å². The lowest BCUT2D eigenvalue weighted by molar-refractivity contribution is 0.216. The van der Waals surface area contributed by atoms with Crippen LogP contribution in [0.4, 0.5) is 0 Å². The zero-order valence-corrected chi connectivity index (χ0v) is 14.8. The van der Waals surface area contributed by atoms with Gasteiger partial charge in [0.2, 0.25) is 0 Å². The summed E-state index contributed by atoms with van der Waals surface area (Å²) in [6.45, 7) is 0.975. The van der Waals surface area contributed by atoms with E-state index >= 15 is 0 Å². The van der Waals surface area contributed by atoms with Crippen LogP contribution >= 0.6 is 31.9 Å². The van der Waals surface area contributed by atoms with Gasteiger partial charge in [-0.1, -0.05) is 37.9 Å². The molecule has 0 saturated carbocycles. The Morgan fingerprint density at radius 3 is 2.48 bits per heavy atom. The van der Waals surface area contributed by atoms with Gasteiger partial charge in [0, 0.05) is 15.4 Å². The van der Waals surface area contributed by atoms with Gasteiger partial charge in [-0.05, 0) is 36.4 Å². The van der Waals surface area contributed by atoms with Crippen LogP contribution in [0.2, 0.25) is 0 Å². The van der Waals surface area contributed by atoms with Crippen LogP contribution in [0.5, 0.6) is 17.2 Å².